The molecule has 4 aromatic carbocycles. The first-order valence-corrected chi connectivity index (χ1v) is 13.3. The second-order valence-electron chi connectivity index (χ2n) is 8.06. The zero-order chi connectivity index (χ0) is 27.6. The number of hydrogen-bond acceptors (Lipinski definition) is 7. The molecule has 0 heterocycles. The monoisotopic (exact) mass is 573 g/mol. The van der Waals surface area contributed by atoms with Gasteiger partial charge in [-0.1, -0.05) is 60.5 Å². The zero-order valence-corrected chi connectivity index (χ0v) is 22.4. The normalized spacial score (nSPS) is 11.7. The summed E-state index contributed by atoms with van der Waals surface area (Å²) in [5.74, 6) is -0.801. The molecule has 0 saturated heterocycles. The average molecular weight is 574 g/mol. The van der Waals surface area contributed by atoms with Crippen LogP contribution in [0.4, 0.5) is 17.1 Å². The van der Waals surface area contributed by atoms with Gasteiger partial charge in [0.1, 0.15) is 10.6 Å². The number of benzene rings is 4. The highest BCUT2D eigenvalue weighted by molar-refractivity contribution is 7.86. The van der Waals surface area contributed by atoms with E-state index in [1.807, 2.05) is 0 Å². The summed E-state index contributed by atoms with van der Waals surface area (Å²) in [5.41, 5.74) is 0.920. The number of nitrogens with one attached hydrogen (secondary N) is 1. The molecular weight excluding hydrogens is 553 g/mol. The van der Waals surface area contributed by atoms with E-state index >= 15 is 0 Å². The van der Waals surface area contributed by atoms with Crippen LogP contribution < -0.4 is 10.1 Å². The van der Waals surface area contributed by atoms with Gasteiger partial charge in [0.2, 0.25) is 0 Å². The summed E-state index contributed by atoms with van der Waals surface area (Å²) in [6.45, 7) is 1.76. The van der Waals surface area contributed by atoms with Gasteiger partial charge in [-0.25, -0.2) is 0 Å². The minimum atomic E-state index is -4.54. The van der Waals surface area contributed by atoms with Crippen LogP contribution in [0.1, 0.15) is 22.8 Å². The first-order chi connectivity index (χ1) is 18.0. The summed E-state index contributed by atoms with van der Waals surface area (Å²) >= 11 is 12.2. The number of para-hydroxylation sites is 1. The van der Waals surface area contributed by atoms with Gasteiger partial charge in [-0.15, -0.1) is 5.11 Å². The van der Waals surface area contributed by atoms with Crippen LogP contribution >= 0.6 is 23.2 Å². The molecule has 0 aliphatic carbocycles. The Hall–Kier alpha value is -3.70. The molecule has 0 fully saturated rings. The van der Waals surface area contributed by atoms with Crippen LogP contribution in [0.15, 0.2) is 75.8 Å². The van der Waals surface area contributed by atoms with Crippen molar-refractivity contribution in [2.45, 2.75) is 18.2 Å². The smallest absolute Gasteiger partial charge is 0.296 e. The van der Waals surface area contributed by atoms with Crippen molar-refractivity contribution in [1.29, 1.82) is 0 Å². The van der Waals surface area contributed by atoms with E-state index in [-0.39, 0.29) is 27.7 Å². The van der Waals surface area contributed by atoms with Gasteiger partial charge in [0, 0.05) is 5.39 Å². The topological polar surface area (TPSA) is 138 Å². The van der Waals surface area contributed by atoms with E-state index in [9.17, 15) is 22.9 Å². The Labute approximate surface area is 228 Å². The minimum Gasteiger partial charge on any atom is -0.505 e. The highest BCUT2D eigenvalue weighted by Gasteiger charge is 2.21. The molecule has 0 bridgehead atoms. The zero-order valence-electron chi connectivity index (χ0n) is 20.1. The van der Waals surface area contributed by atoms with Crippen LogP contribution in [-0.2, 0) is 16.5 Å². The third kappa shape index (κ3) is 5.44. The molecule has 0 atom stereocenters. The molecule has 0 aliphatic rings. The lowest BCUT2D eigenvalue weighted by Gasteiger charge is -2.14. The van der Waals surface area contributed by atoms with Gasteiger partial charge in [0.25, 0.3) is 16.0 Å². The fourth-order valence-electron chi connectivity index (χ4n) is 3.86. The summed E-state index contributed by atoms with van der Waals surface area (Å²) in [4.78, 5) is 12.8. The Kier molecular flexibility index (Phi) is 7.89. The molecule has 12 heteroatoms. The van der Waals surface area contributed by atoms with E-state index in [0.29, 0.717) is 33.5 Å². The second-order valence-corrected chi connectivity index (χ2v) is 10.3. The number of methoxy groups -OCH3 is 1. The molecule has 0 spiro atoms. The molecule has 4 rings (SSSR count). The standard InChI is InChI=1S/C26H21Cl2N3O6S/c1-3-14-12-22(38(34,35)36)19(28)13-21(14)30-31-23-16-8-5-4-7-15(16)11-17(24(23)32)26(33)29-20-10-6-9-18(27)25(20)37-2/h4-13,32H,3H2,1-2H3,(H,29,33)(H,34,35,36). The van der Waals surface area contributed by atoms with Gasteiger partial charge in [0.15, 0.2) is 11.5 Å². The van der Waals surface area contributed by atoms with Crippen molar-refractivity contribution >= 4 is 67.1 Å². The molecule has 3 N–H and O–H groups in total. The number of anilines is 1. The maximum atomic E-state index is 13.2. The van der Waals surface area contributed by atoms with Gasteiger partial charge in [0.05, 0.1) is 34.1 Å². The number of halogens is 2. The van der Waals surface area contributed by atoms with Crippen molar-refractivity contribution in [3.05, 3.63) is 81.8 Å². The number of rotatable bonds is 7. The summed E-state index contributed by atoms with van der Waals surface area (Å²) in [5, 5.41) is 23.4. The molecule has 1 amide bonds. The van der Waals surface area contributed by atoms with Crippen LogP contribution in [0, 0.1) is 0 Å². The van der Waals surface area contributed by atoms with E-state index in [1.165, 1.54) is 25.3 Å². The predicted octanol–water partition coefficient (Wildman–Crippen LogP) is 7.34. The van der Waals surface area contributed by atoms with Crippen molar-refractivity contribution in [2.24, 2.45) is 10.2 Å². The van der Waals surface area contributed by atoms with Crippen LogP contribution in [0.2, 0.25) is 10.0 Å². The average Bonchev–Trinajstić information content (AvgIpc) is 2.87. The number of aromatic hydroxyl groups is 1. The van der Waals surface area contributed by atoms with Crippen molar-refractivity contribution in [3.8, 4) is 11.5 Å². The number of aryl methyl sites for hydroxylation is 1. The number of carbonyl (C=O) groups excluding carboxylic acids is 1. The van der Waals surface area contributed by atoms with Crippen LogP contribution in [0.25, 0.3) is 10.8 Å². The second kappa shape index (κ2) is 11.0. The summed E-state index contributed by atoms with van der Waals surface area (Å²) < 4.78 is 38.0. The molecule has 9 nitrogen and oxygen atoms in total. The maximum Gasteiger partial charge on any atom is 0.296 e. The first-order valence-electron chi connectivity index (χ1n) is 11.1. The number of fused-ring (bicyclic) bond motifs is 1. The fraction of sp³-hybridized carbons (Fsp3) is 0.115. The lowest BCUT2D eigenvalue weighted by molar-refractivity contribution is 0.102. The largest absolute Gasteiger partial charge is 0.505 e. The first kappa shape index (κ1) is 27.3. The molecule has 0 unspecified atom stereocenters. The molecule has 0 radical (unpaired) electrons. The third-order valence-electron chi connectivity index (χ3n) is 5.71. The van der Waals surface area contributed by atoms with E-state index in [4.69, 9.17) is 27.9 Å². The Bertz CT molecular complexity index is 1710. The minimum absolute atomic E-state index is 0.0170. The van der Waals surface area contributed by atoms with E-state index in [2.05, 4.69) is 15.5 Å². The van der Waals surface area contributed by atoms with Crippen molar-refractivity contribution in [1.82, 2.24) is 0 Å². The summed E-state index contributed by atoms with van der Waals surface area (Å²) in [7, 11) is -3.12. The quantitative estimate of drug-likeness (QED) is 0.156. The molecule has 4 aromatic rings. The third-order valence-corrected chi connectivity index (χ3v) is 7.32. The molecule has 0 aliphatic heterocycles. The van der Waals surface area contributed by atoms with E-state index < -0.39 is 26.7 Å². The van der Waals surface area contributed by atoms with Gasteiger partial charge in [-0.2, -0.15) is 13.5 Å². The van der Waals surface area contributed by atoms with Crippen LogP contribution in [0.3, 0.4) is 0 Å². The lowest BCUT2D eigenvalue weighted by Crippen LogP contribution is -2.13. The van der Waals surface area contributed by atoms with Gasteiger partial charge in [-0.05, 0) is 47.7 Å². The Morgan fingerprint density at radius 1 is 1.03 bits per heavy atom. The fourth-order valence-corrected chi connectivity index (χ4v) is 5.16. The van der Waals surface area contributed by atoms with Gasteiger partial charge in [-0.3, -0.25) is 9.35 Å². The van der Waals surface area contributed by atoms with Crippen molar-refractivity contribution in [2.75, 3.05) is 12.4 Å². The Morgan fingerprint density at radius 3 is 2.45 bits per heavy atom. The van der Waals surface area contributed by atoms with Crippen LogP contribution in [0.5, 0.6) is 11.5 Å². The lowest BCUT2D eigenvalue weighted by atomic mass is 10.0. The molecule has 38 heavy (non-hydrogen) atoms. The number of azo groups is 1. The predicted molar refractivity (Wildman–Crippen MR) is 146 cm³/mol. The maximum absolute atomic E-state index is 13.2. The Balaban J connectivity index is 1.82. The highest BCUT2D eigenvalue weighted by Crippen LogP contribution is 2.41. The highest BCUT2D eigenvalue weighted by atomic mass is 35.5. The SMILES string of the molecule is CCc1cc(S(=O)(=O)O)c(Cl)cc1N=Nc1c(O)c(C(=O)Nc2cccc(Cl)c2OC)cc2ccccc12. The molecule has 196 valence electrons. The number of phenolic OH excluding ortho intramolecular Hbond substituents is 1. The van der Waals surface area contributed by atoms with E-state index in [0.717, 1.165) is 0 Å². The van der Waals surface area contributed by atoms with Crippen molar-refractivity contribution in [3.63, 3.8) is 0 Å². The van der Waals surface area contributed by atoms with Gasteiger partial charge >= 0.3 is 0 Å². The number of phenols is 1. The number of ether oxygens (including phenoxy) is 1. The van der Waals surface area contributed by atoms with E-state index in [1.54, 1.807) is 49.4 Å². The Morgan fingerprint density at radius 2 is 1.76 bits per heavy atom. The number of amides is 1. The summed E-state index contributed by atoms with van der Waals surface area (Å²) in [6.07, 6.45) is 0.352. The molecule has 0 aromatic heterocycles. The number of nitrogens with zero attached hydrogens (tertiary/aromatic N) is 2. The summed E-state index contributed by atoms with van der Waals surface area (Å²) in [6, 6.07) is 15.8. The van der Waals surface area contributed by atoms with Gasteiger partial charge < -0.3 is 15.2 Å². The number of carbonyl (C=O) groups is 1. The molecular formula is C26H21Cl2N3O6S. The molecule has 0 saturated carbocycles. The van der Waals surface area contributed by atoms with Crippen LogP contribution in [-0.4, -0.2) is 31.1 Å². The van der Waals surface area contributed by atoms with Crippen molar-refractivity contribution < 1.29 is 27.6 Å². The number of hydrogen-bond donors (Lipinski definition) is 3.